The second-order valence-electron chi connectivity index (χ2n) is 8.13. The van der Waals surface area contributed by atoms with E-state index in [1.165, 1.54) is 11.1 Å². The number of urea groups is 1. The number of carbonyl (C=O) groups excluding carboxylic acids is 4. The Labute approximate surface area is 182 Å². The molecule has 5 rings (SSSR count). The first-order chi connectivity index (χ1) is 15.3. The summed E-state index contributed by atoms with van der Waals surface area (Å²) in [6.45, 7) is 3.85. The number of Topliss-reactive ketones (excluding diaryl/α,β-unsaturated/α-hetero) is 1. The molecule has 9 nitrogen and oxygen atoms in total. The summed E-state index contributed by atoms with van der Waals surface area (Å²) in [7, 11) is 0. The number of benzene rings is 1. The third-order valence-electron chi connectivity index (χ3n) is 5.95. The zero-order valence-electron chi connectivity index (χ0n) is 17.5. The van der Waals surface area contributed by atoms with Gasteiger partial charge in [0.15, 0.2) is 16.9 Å². The number of imide groups is 1. The van der Waals surface area contributed by atoms with Crippen molar-refractivity contribution in [2.24, 2.45) is 0 Å². The summed E-state index contributed by atoms with van der Waals surface area (Å²) in [6, 6.07) is 8.08. The number of aryl methyl sites for hydroxylation is 1. The smallest absolute Gasteiger partial charge is 0.322 e. The van der Waals surface area contributed by atoms with Gasteiger partial charge in [0.1, 0.15) is 11.3 Å². The van der Waals surface area contributed by atoms with Crippen molar-refractivity contribution in [3.63, 3.8) is 0 Å². The molecule has 0 spiro atoms. The number of hydrogen-bond donors (Lipinski definition) is 2. The Morgan fingerprint density at radius 2 is 2.03 bits per heavy atom. The van der Waals surface area contributed by atoms with E-state index in [0.29, 0.717) is 35.2 Å². The maximum Gasteiger partial charge on any atom is 0.322 e. The third-order valence-corrected chi connectivity index (χ3v) is 5.95. The summed E-state index contributed by atoms with van der Waals surface area (Å²) in [5.41, 5.74) is 1.94. The fourth-order valence-electron chi connectivity index (χ4n) is 4.23. The van der Waals surface area contributed by atoms with Crippen molar-refractivity contribution in [3.8, 4) is 0 Å². The average molecular weight is 432 g/mol. The number of rotatable bonds is 5. The van der Waals surface area contributed by atoms with Gasteiger partial charge in [-0.2, -0.15) is 0 Å². The van der Waals surface area contributed by atoms with Crippen LogP contribution in [0.1, 0.15) is 50.9 Å². The minimum absolute atomic E-state index is 0.0882. The average Bonchev–Trinajstić information content (AvgIpc) is 3.42. The number of nitrogens with one attached hydrogen (secondary N) is 2. The number of carbonyl (C=O) groups is 4. The van der Waals surface area contributed by atoms with E-state index in [1.807, 2.05) is 25.1 Å². The maximum absolute atomic E-state index is 13.0. The highest BCUT2D eigenvalue weighted by molar-refractivity contribution is 6.08. The molecule has 0 radical (unpaired) electrons. The van der Waals surface area contributed by atoms with Crippen molar-refractivity contribution in [1.29, 1.82) is 0 Å². The molecule has 4 heterocycles. The number of amides is 4. The van der Waals surface area contributed by atoms with Gasteiger partial charge in [0.25, 0.3) is 11.8 Å². The number of hydrogen-bond acceptors (Lipinski definition) is 6. The third kappa shape index (κ3) is 2.96. The number of fused-ring (bicyclic) bond motifs is 2. The normalized spacial score (nSPS) is 19.9. The molecule has 0 bridgehead atoms. The summed E-state index contributed by atoms with van der Waals surface area (Å²) >= 11 is 0. The molecule has 1 unspecified atom stereocenters. The van der Waals surface area contributed by atoms with Crippen molar-refractivity contribution in [2.45, 2.75) is 32.4 Å². The van der Waals surface area contributed by atoms with Crippen LogP contribution in [-0.4, -0.2) is 40.1 Å². The molecule has 0 saturated carbocycles. The molecule has 2 aliphatic rings. The molecule has 0 aliphatic carbocycles. The minimum Gasteiger partial charge on any atom is -0.456 e. The Morgan fingerprint density at radius 1 is 1.22 bits per heavy atom. The number of furan rings is 1. The maximum atomic E-state index is 13.0. The Bertz CT molecular complexity index is 1330. The van der Waals surface area contributed by atoms with Crippen LogP contribution in [-0.2, 0) is 16.9 Å². The fraction of sp³-hybridized carbons (Fsp3) is 0.261. The van der Waals surface area contributed by atoms with Crippen LogP contribution in [0, 0.1) is 6.92 Å². The molecule has 3 aromatic rings. The summed E-state index contributed by atoms with van der Waals surface area (Å²) in [6.07, 6.45) is 1.77. The quantitative estimate of drug-likeness (QED) is 0.472. The number of ketones is 1. The van der Waals surface area contributed by atoms with Crippen molar-refractivity contribution in [1.82, 2.24) is 20.5 Å². The molecule has 2 N–H and O–H groups in total. The Morgan fingerprint density at radius 3 is 2.75 bits per heavy atom. The van der Waals surface area contributed by atoms with Crippen LogP contribution in [0.15, 0.2) is 40.9 Å². The predicted octanol–water partition coefficient (Wildman–Crippen LogP) is 2.42. The van der Waals surface area contributed by atoms with Crippen molar-refractivity contribution in [3.05, 3.63) is 64.5 Å². The van der Waals surface area contributed by atoms with Gasteiger partial charge >= 0.3 is 6.03 Å². The molecule has 1 fully saturated rings. The highest BCUT2D eigenvalue weighted by Gasteiger charge is 2.53. The standard InChI is InChI=1S/C23H20N4O5/c1-3-17(28)14-7-18-16(24-9-14)8-19(32-18)23(21(30)25-22(31)26-23)11-27-10-13-5-4-12(2)6-15(13)20(27)29/h4-9H,3,10-11H2,1-2H3,(H2,25,26,30,31). The van der Waals surface area contributed by atoms with Gasteiger partial charge < -0.3 is 14.6 Å². The summed E-state index contributed by atoms with van der Waals surface area (Å²) in [5.74, 6) is -0.785. The fourth-order valence-corrected chi connectivity index (χ4v) is 4.23. The summed E-state index contributed by atoms with van der Waals surface area (Å²) in [4.78, 5) is 55.9. The lowest BCUT2D eigenvalue weighted by atomic mass is 9.95. The largest absolute Gasteiger partial charge is 0.456 e. The number of aromatic nitrogens is 1. The van der Waals surface area contributed by atoms with Crippen LogP contribution in [0.2, 0.25) is 0 Å². The van der Waals surface area contributed by atoms with Crippen LogP contribution >= 0.6 is 0 Å². The molecule has 32 heavy (non-hydrogen) atoms. The molecule has 1 saturated heterocycles. The van der Waals surface area contributed by atoms with E-state index in [0.717, 1.165) is 11.1 Å². The molecule has 162 valence electrons. The van der Waals surface area contributed by atoms with Crippen LogP contribution in [0.5, 0.6) is 0 Å². The van der Waals surface area contributed by atoms with Crippen LogP contribution in [0.25, 0.3) is 11.1 Å². The van der Waals surface area contributed by atoms with Crippen LogP contribution < -0.4 is 10.6 Å². The van der Waals surface area contributed by atoms with Crippen molar-refractivity contribution >= 4 is 34.7 Å². The molecular formula is C23H20N4O5. The van der Waals surface area contributed by atoms with E-state index >= 15 is 0 Å². The van der Waals surface area contributed by atoms with Gasteiger partial charge in [0.2, 0.25) is 0 Å². The van der Waals surface area contributed by atoms with Gasteiger partial charge in [-0.15, -0.1) is 0 Å². The second-order valence-corrected chi connectivity index (χ2v) is 8.13. The van der Waals surface area contributed by atoms with Crippen LogP contribution in [0.4, 0.5) is 4.79 Å². The molecule has 4 amide bonds. The van der Waals surface area contributed by atoms with E-state index in [2.05, 4.69) is 15.6 Å². The zero-order chi connectivity index (χ0) is 22.6. The topological polar surface area (TPSA) is 122 Å². The predicted molar refractivity (Wildman–Crippen MR) is 113 cm³/mol. The summed E-state index contributed by atoms with van der Waals surface area (Å²) < 4.78 is 5.92. The lowest BCUT2D eigenvalue weighted by Crippen LogP contribution is -2.52. The summed E-state index contributed by atoms with van der Waals surface area (Å²) in [5, 5.41) is 4.89. The van der Waals surface area contributed by atoms with Gasteiger partial charge in [-0.3, -0.25) is 24.7 Å². The van der Waals surface area contributed by atoms with E-state index in [-0.39, 0.29) is 24.0 Å². The lowest BCUT2D eigenvalue weighted by Gasteiger charge is -2.28. The molecule has 2 aromatic heterocycles. The zero-order valence-corrected chi connectivity index (χ0v) is 17.5. The monoisotopic (exact) mass is 432 g/mol. The molecule has 9 heteroatoms. The lowest BCUT2D eigenvalue weighted by molar-refractivity contribution is -0.125. The molecule has 1 atom stereocenters. The highest BCUT2D eigenvalue weighted by Crippen LogP contribution is 2.34. The van der Waals surface area contributed by atoms with Crippen molar-refractivity contribution in [2.75, 3.05) is 6.54 Å². The van der Waals surface area contributed by atoms with Gasteiger partial charge in [0, 0.05) is 36.4 Å². The van der Waals surface area contributed by atoms with E-state index in [4.69, 9.17) is 4.42 Å². The van der Waals surface area contributed by atoms with Gasteiger partial charge in [-0.25, -0.2) is 4.79 Å². The Hall–Kier alpha value is -4.01. The Kier molecular flexibility index (Phi) is 4.37. The van der Waals surface area contributed by atoms with E-state index < -0.39 is 17.5 Å². The first kappa shape index (κ1) is 19.9. The minimum atomic E-state index is -1.61. The van der Waals surface area contributed by atoms with Crippen LogP contribution in [0.3, 0.4) is 0 Å². The van der Waals surface area contributed by atoms with Crippen molar-refractivity contribution < 1.29 is 23.6 Å². The molecule has 1 aromatic carbocycles. The second kappa shape index (κ2) is 7.01. The molecular weight excluding hydrogens is 412 g/mol. The highest BCUT2D eigenvalue weighted by atomic mass is 16.3. The van der Waals surface area contributed by atoms with Gasteiger partial charge in [-0.05, 0) is 24.6 Å². The van der Waals surface area contributed by atoms with Gasteiger partial charge in [-0.1, -0.05) is 24.6 Å². The first-order valence-corrected chi connectivity index (χ1v) is 10.3. The Balaban J connectivity index is 1.55. The number of pyridine rings is 1. The number of nitrogens with zero attached hydrogens (tertiary/aromatic N) is 2. The van der Waals surface area contributed by atoms with Gasteiger partial charge in [0.05, 0.1) is 6.54 Å². The SMILES string of the molecule is CCC(=O)c1cnc2cc(C3(CN4Cc5ccc(C)cc5C4=O)NC(=O)NC3=O)oc2c1. The molecule has 2 aliphatic heterocycles. The van der Waals surface area contributed by atoms with E-state index in [9.17, 15) is 19.2 Å². The first-order valence-electron chi connectivity index (χ1n) is 10.3. The van der Waals surface area contributed by atoms with E-state index in [1.54, 1.807) is 19.1 Å².